The first-order valence-corrected chi connectivity index (χ1v) is 3.36. The fraction of sp³-hybridized carbons (Fsp3) is 0.667. The largest absolute Gasteiger partial charge is 0.464 e. The highest BCUT2D eigenvalue weighted by atomic mass is 32.1. The zero-order chi connectivity index (χ0) is 7.98. The Hall–Kier alpha value is -0.730. The fourth-order valence-electron chi connectivity index (χ4n) is 0.395. The van der Waals surface area contributed by atoms with E-state index in [-0.39, 0.29) is 5.97 Å². The van der Waals surface area contributed by atoms with Gasteiger partial charge in [-0.25, -0.2) is 9.79 Å². The molecule has 0 bridgehead atoms. The SMILES string of the molecule is CCOC(=O)[C@H](C)N=C=S. The molecule has 0 aromatic carbocycles. The van der Waals surface area contributed by atoms with Crippen molar-refractivity contribution in [3.05, 3.63) is 0 Å². The molecule has 10 heavy (non-hydrogen) atoms. The van der Waals surface area contributed by atoms with Crippen LogP contribution in [0.25, 0.3) is 0 Å². The third kappa shape index (κ3) is 3.33. The van der Waals surface area contributed by atoms with Crippen molar-refractivity contribution in [2.75, 3.05) is 6.61 Å². The molecule has 0 aliphatic rings. The Balaban J connectivity index is 3.81. The van der Waals surface area contributed by atoms with Crippen molar-refractivity contribution < 1.29 is 9.53 Å². The molecule has 0 saturated carbocycles. The van der Waals surface area contributed by atoms with E-state index in [1.54, 1.807) is 13.8 Å². The van der Waals surface area contributed by atoms with Gasteiger partial charge in [0.15, 0.2) is 6.04 Å². The molecule has 0 spiro atoms. The summed E-state index contributed by atoms with van der Waals surface area (Å²) >= 11 is 4.31. The number of isothiocyanates is 1. The number of hydrogen-bond acceptors (Lipinski definition) is 4. The van der Waals surface area contributed by atoms with Crippen LogP contribution in [0.1, 0.15) is 13.8 Å². The van der Waals surface area contributed by atoms with E-state index >= 15 is 0 Å². The molecule has 3 nitrogen and oxygen atoms in total. The Bertz CT molecular complexity index is 163. The average Bonchev–Trinajstić information content (AvgIpc) is 1.89. The van der Waals surface area contributed by atoms with E-state index in [0.717, 1.165) is 0 Å². The van der Waals surface area contributed by atoms with Crippen LogP contribution in [0.15, 0.2) is 4.99 Å². The summed E-state index contributed by atoms with van der Waals surface area (Å²) in [4.78, 5) is 14.3. The molecule has 0 heterocycles. The molecular formula is C6H9NO2S. The van der Waals surface area contributed by atoms with E-state index in [4.69, 9.17) is 0 Å². The first-order valence-electron chi connectivity index (χ1n) is 2.96. The molecule has 0 aromatic heterocycles. The fourth-order valence-corrected chi connectivity index (χ4v) is 0.553. The van der Waals surface area contributed by atoms with Gasteiger partial charge >= 0.3 is 5.97 Å². The lowest BCUT2D eigenvalue weighted by Gasteiger charge is -2.02. The average molecular weight is 159 g/mol. The van der Waals surface area contributed by atoms with Gasteiger partial charge in [0.2, 0.25) is 0 Å². The van der Waals surface area contributed by atoms with E-state index in [1.165, 1.54) is 0 Å². The highest BCUT2D eigenvalue weighted by Gasteiger charge is 2.10. The highest BCUT2D eigenvalue weighted by Crippen LogP contribution is 1.91. The quantitative estimate of drug-likeness (QED) is 0.351. The molecule has 0 aromatic rings. The van der Waals surface area contributed by atoms with Gasteiger partial charge in [-0.3, -0.25) is 0 Å². The molecule has 1 atom stereocenters. The third-order valence-electron chi connectivity index (χ3n) is 0.874. The normalized spacial score (nSPS) is 11.4. The molecule has 0 aliphatic carbocycles. The topological polar surface area (TPSA) is 38.7 Å². The first kappa shape index (κ1) is 9.27. The van der Waals surface area contributed by atoms with E-state index in [9.17, 15) is 4.79 Å². The van der Waals surface area contributed by atoms with Crippen LogP contribution in [-0.4, -0.2) is 23.8 Å². The molecule has 0 aliphatic heterocycles. The van der Waals surface area contributed by atoms with Crippen molar-refractivity contribution in [2.24, 2.45) is 4.99 Å². The van der Waals surface area contributed by atoms with Gasteiger partial charge in [-0.1, -0.05) is 0 Å². The number of hydrogen-bond donors (Lipinski definition) is 0. The summed E-state index contributed by atoms with van der Waals surface area (Å²) in [6.07, 6.45) is 0. The predicted molar refractivity (Wildman–Crippen MR) is 41.1 cm³/mol. The Labute approximate surface area is 65.1 Å². The van der Waals surface area contributed by atoms with Crippen LogP contribution in [-0.2, 0) is 9.53 Å². The first-order chi connectivity index (χ1) is 4.72. The molecule has 0 radical (unpaired) electrons. The number of rotatable bonds is 3. The predicted octanol–water partition coefficient (Wildman–Crippen LogP) is 1.04. The minimum atomic E-state index is -0.516. The second-order valence-corrected chi connectivity index (χ2v) is 1.83. The van der Waals surface area contributed by atoms with Crippen LogP contribution in [0.3, 0.4) is 0 Å². The summed E-state index contributed by atoms with van der Waals surface area (Å²) < 4.78 is 4.64. The van der Waals surface area contributed by atoms with Crippen LogP contribution < -0.4 is 0 Å². The number of esters is 1. The van der Waals surface area contributed by atoms with Crippen LogP contribution in [0.4, 0.5) is 0 Å². The van der Waals surface area contributed by atoms with Gasteiger partial charge in [0.05, 0.1) is 11.8 Å². The van der Waals surface area contributed by atoms with Crippen LogP contribution in [0.2, 0.25) is 0 Å². The summed E-state index contributed by atoms with van der Waals surface area (Å²) in [6.45, 7) is 3.72. The van der Waals surface area contributed by atoms with Crippen molar-refractivity contribution in [3.8, 4) is 0 Å². The molecule has 56 valence electrons. The van der Waals surface area contributed by atoms with Crippen molar-refractivity contribution >= 4 is 23.3 Å². The maximum Gasteiger partial charge on any atom is 0.331 e. The molecular weight excluding hydrogens is 150 g/mol. The molecule has 0 rings (SSSR count). The summed E-state index contributed by atoms with van der Waals surface area (Å²) in [7, 11) is 0. The lowest BCUT2D eigenvalue weighted by Crippen LogP contribution is -2.17. The molecule has 0 saturated heterocycles. The van der Waals surface area contributed by atoms with Crippen molar-refractivity contribution in [1.29, 1.82) is 0 Å². The van der Waals surface area contributed by atoms with Crippen molar-refractivity contribution in [2.45, 2.75) is 19.9 Å². The van der Waals surface area contributed by atoms with Gasteiger partial charge < -0.3 is 4.74 Å². The maximum absolute atomic E-state index is 10.7. The minimum absolute atomic E-state index is 0.361. The number of thiocarbonyl (C=S) groups is 1. The number of carbonyl (C=O) groups is 1. The van der Waals surface area contributed by atoms with Gasteiger partial charge in [-0.2, -0.15) is 0 Å². The summed E-state index contributed by atoms with van der Waals surface area (Å²) in [6, 6.07) is -0.516. The van der Waals surface area contributed by atoms with Gasteiger partial charge in [-0.15, -0.1) is 0 Å². The summed E-state index contributed by atoms with van der Waals surface area (Å²) in [5, 5.41) is 2.11. The number of ether oxygens (including phenoxy) is 1. The lowest BCUT2D eigenvalue weighted by molar-refractivity contribution is -0.144. The molecule has 0 N–H and O–H groups in total. The Morgan fingerprint density at radius 1 is 1.90 bits per heavy atom. The zero-order valence-electron chi connectivity index (χ0n) is 5.96. The number of aliphatic imine (C=N–C) groups is 1. The van der Waals surface area contributed by atoms with Gasteiger partial charge in [0, 0.05) is 0 Å². The minimum Gasteiger partial charge on any atom is -0.464 e. The zero-order valence-corrected chi connectivity index (χ0v) is 6.77. The number of nitrogens with zero attached hydrogens (tertiary/aromatic N) is 1. The molecule has 0 amide bonds. The van der Waals surface area contributed by atoms with Gasteiger partial charge in [0.25, 0.3) is 0 Å². The van der Waals surface area contributed by atoms with E-state index < -0.39 is 6.04 Å². The smallest absolute Gasteiger partial charge is 0.331 e. The standard InChI is InChI=1S/C6H9NO2S/c1-3-9-6(8)5(2)7-4-10/h5H,3H2,1-2H3/t5-/m0/s1. The highest BCUT2D eigenvalue weighted by molar-refractivity contribution is 7.78. The van der Waals surface area contributed by atoms with Crippen molar-refractivity contribution in [1.82, 2.24) is 0 Å². The second kappa shape index (κ2) is 5.09. The molecule has 0 fully saturated rings. The Morgan fingerprint density at radius 3 is 2.90 bits per heavy atom. The Kier molecular flexibility index (Phi) is 4.72. The van der Waals surface area contributed by atoms with Crippen LogP contribution in [0.5, 0.6) is 0 Å². The van der Waals surface area contributed by atoms with Crippen LogP contribution in [0, 0.1) is 0 Å². The van der Waals surface area contributed by atoms with Crippen LogP contribution >= 0.6 is 12.2 Å². The van der Waals surface area contributed by atoms with E-state index in [0.29, 0.717) is 6.61 Å². The molecule has 0 unspecified atom stereocenters. The van der Waals surface area contributed by atoms with E-state index in [1.807, 2.05) is 0 Å². The Morgan fingerprint density at radius 2 is 2.50 bits per heavy atom. The lowest BCUT2D eigenvalue weighted by atomic mass is 10.4. The second-order valence-electron chi connectivity index (χ2n) is 1.65. The monoisotopic (exact) mass is 159 g/mol. The van der Waals surface area contributed by atoms with Crippen molar-refractivity contribution in [3.63, 3.8) is 0 Å². The molecule has 4 heteroatoms. The van der Waals surface area contributed by atoms with E-state index in [2.05, 4.69) is 27.1 Å². The summed E-state index contributed by atoms with van der Waals surface area (Å²) in [5.74, 6) is -0.361. The number of carbonyl (C=O) groups excluding carboxylic acids is 1. The summed E-state index contributed by atoms with van der Waals surface area (Å²) in [5.41, 5.74) is 0. The maximum atomic E-state index is 10.7. The third-order valence-corrected chi connectivity index (χ3v) is 0.979. The van der Waals surface area contributed by atoms with Gasteiger partial charge in [-0.05, 0) is 26.1 Å². The van der Waals surface area contributed by atoms with Gasteiger partial charge in [0.1, 0.15) is 0 Å².